The molecule has 0 saturated carbocycles. The summed E-state index contributed by atoms with van der Waals surface area (Å²) in [5.74, 6) is 0.00373. The molecule has 1 N–H and O–H groups in total. The van der Waals surface area contributed by atoms with Crippen LogP contribution in [-0.4, -0.2) is 21.2 Å². The van der Waals surface area contributed by atoms with Crippen molar-refractivity contribution in [3.63, 3.8) is 0 Å². The highest BCUT2D eigenvalue weighted by atomic mass is 79.9. The van der Waals surface area contributed by atoms with Gasteiger partial charge >= 0.3 is 0 Å². The fourth-order valence-electron chi connectivity index (χ4n) is 3.58. The van der Waals surface area contributed by atoms with Gasteiger partial charge in [-0.3, -0.25) is 14.2 Å². The standard InChI is InChI=1S/C20H18Br3N3O2S2/c1-2-26-19(28)16-11-5-3-4-6-14(11)30-18(16)25-20(26)29-9-15(27)24-17-12(22)7-10(21)8-13(17)23/h7-8H,2-6,9H2,1H3,(H,24,27). The molecule has 1 amide bonds. The molecule has 4 rings (SSSR count). The maximum atomic E-state index is 13.2. The minimum Gasteiger partial charge on any atom is -0.323 e. The first-order valence-electron chi connectivity index (χ1n) is 9.51. The number of benzene rings is 1. The predicted molar refractivity (Wildman–Crippen MR) is 135 cm³/mol. The van der Waals surface area contributed by atoms with Crippen molar-refractivity contribution in [2.75, 3.05) is 11.1 Å². The van der Waals surface area contributed by atoms with Crippen molar-refractivity contribution in [1.29, 1.82) is 0 Å². The summed E-state index contributed by atoms with van der Waals surface area (Å²) in [7, 11) is 0. The van der Waals surface area contributed by atoms with E-state index in [9.17, 15) is 9.59 Å². The maximum absolute atomic E-state index is 13.2. The van der Waals surface area contributed by atoms with Gasteiger partial charge in [0.05, 0.1) is 16.8 Å². The van der Waals surface area contributed by atoms with Crippen LogP contribution in [0.15, 0.2) is 35.5 Å². The Kier molecular flexibility index (Phi) is 7.08. The molecule has 5 nitrogen and oxygen atoms in total. The molecule has 2 aromatic heterocycles. The van der Waals surface area contributed by atoms with Crippen LogP contribution >= 0.6 is 70.9 Å². The quantitative estimate of drug-likeness (QED) is 0.261. The Balaban J connectivity index is 1.58. The third-order valence-electron chi connectivity index (χ3n) is 4.96. The Labute approximate surface area is 207 Å². The van der Waals surface area contributed by atoms with E-state index in [1.807, 2.05) is 19.1 Å². The molecule has 3 aromatic rings. The molecular weight excluding hydrogens is 618 g/mol. The van der Waals surface area contributed by atoms with Gasteiger partial charge in [-0.25, -0.2) is 4.98 Å². The van der Waals surface area contributed by atoms with Crippen LogP contribution in [0.1, 0.15) is 30.2 Å². The largest absolute Gasteiger partial charge is 0.323 e. The molecule has 30 heavy (non-hydrogen) atoms. The predicted octanol–water partition coefficient (Wildman–Crippen LogP) is 6.38. The van der Waals surface area contributed by atoms with Gasteiger partial charge in [-0.05, 0) is 82.2 Å². The summed E-state index contributed by atoms with van der Waals surface area (Å²) in [4.78, 5) is 32.6. The zero-order chi connectivity index (χ0) is 21.4. The molecule has 1 aliphatic carbocycles. The minimum absolute atomic E-state index is 0.0169. The van der Waals surface area contributed by atoms with E-state index in [1.54, 1.807) is 15.9 Å². The monoisotopic (exact) mass is 633 g/mol. The number of nitrogens with one attached hydrogen (secondary N) is 1. The van der Waals surface area contributed by atoms with Crippen LogP contribution in [0.4, 0.5) is 5.69 Å². The molecule has 158 valence electrons. The second-order valence-electron chi connectivity index (χ2n) is 6.92. The molecule has 0 atom stereocenters. The second kappa shape index (κ2) is 9.44. The van der Waals surface area contributed by atoms with Gasteiger partial charge in [0.15, 0.2) is 5.16 Å². The zero-order valence-corrected chi connectivity index (χ0v) is 22.4. The third-order valence-corrected chi connectivity index (χ3v) is 8.83. The number of carbonyl (C=O) groups is 1. The lowest BCUT2D eigenvalue weighted by Gasteiger charge is -2.13. The van der Waals surface area contributed by atoms with Crippen LogP contribution in [0.5, 0.6) is 0 Å². The smallest absolute Gasteiger partial charge is 0.263 e. The first kappa shape index (κ1) is 22.5. The lowest BCUT2D eigenvalue weighted by molar-refractivity contribution is -0.113. The highest BCUT2D eigenvalue weighted by Crippen LogP contribution is 2.36. The first-order chi connectivity index (χ1) is 14.4. The van der Waals surface area contributed by atoms with Crippen molar-refractivity contribution < 1.29 is 4.79 Å². The highest BCUT2D eigenvalue weighted by Gasteiger charge is 2.22. The van der Waals surface area contributed by atoms with Gasteiger partial charge in [-0.1, -0.05) is 27.7 Å². The van der Waals surface area contributed by atoms with E-state index < -0.39 is 0 Å². The van der Waals surface area contributed by atoms with E-state index >= 15 is 0 Å². The number of thiophene rings is 1. The average Bonchev–Trinajstić information content (AvgIpc) is 3.07. The number of aromatic nitrogens is 2. The molecule has 1 aliphatic rings. The Morgan fingerprint density at radius 1 is 1.23 bits per heavy atom. The molecule has 0 fully saturated rings. The lowest BCUT2D eigenvalue weighted by atomic mass is 9.97. The Bertz CT molecular complexity index is 1180. The van der Waals surface area contributed by atoms with Crippen LogP contribution < -0.4 is 10.9 Å². The number of rotatable bonds is 5. The summed E-state index contributed by atoms with van der Waals surface area (Å²) in [5.41, 5.74) is 1.88. The number of amides is 1. The molecule has 0 saturated heterocycles. The number of carbonyl (C=O) groups excluding carboxylic acids is 1. The van der Waals surface area contributed by atoms with Crippen LogP contribution in [-0.2, 0) is 24.2 Å². The second-order valence-corrected chi connectivity index (χ2v) is 11.6. The number of hydrogen-bond acceptors (Lipinski definition) is 5. The Morgan fingerprint density at radius 3 is 2.63 bits per heavy atom. The summed E-state index contributed by atoms with van der Waals surface area (Å²) in [6.45, 7) is 2.47. The summed E-state index contributed by atoms with van der Waals surface area (Å²) < 4.78 is 4.14. The van der Waals surface area contributed by atoms with Gasteiger partial charge in [0, 0.05) is 24.8 Å². The number of anilines is 1. The van der Waals surface area contributed by atoms with Crippen LogP contribution in [0, 0.1) is 0 Å². The van der Waals surface area contributed by atoms with E-state index in [1.165, 1.54) is 28.6 Å². The van der Waals surface area contributed by atoms with E-state index in [0.29, 0.717) is 17.4 Å². The van der Waals surface area contributed by atoms with Crippen molar-refractivity contribution in [1.82, 2.24) is 9.55 Å². The zero-order valence-electron chi connectivity index (χ0n) is 16.1. The van der Waals surface area contributed by atoms with Gasteiger partial charge < -0.3 is 5.32 Å². The van der Waals surface area contributed by atoms with Crippen molar-refractivity contribution in [2.24, 2.45) is 0 Å². The number of nitrogens with zero attached hydrogens (tertiary/aromatic N) is 2. The molecule has 0 radical (unpaired) electrons. The summed E-state index contributed by atoms with van der Waals surface area (Å²) in [6.07, 6.45) is 4.29. The number of halogens is 3. The molecular formula is C20H18Br3N3O2S2. The summed E-state index contributed by atoms with van der Waals surface area (Å²) in [5, 5.41) is 4.30. The number of aryl methyl sites for hydroxylation is 2. The first-order valence-corrected chi connectivity index (χ1v) is 13.7. The highest BCUT2D eigenvalue weighted by molar-refractivity contribution is 9.11. The average molecular weight is 636 g/mol. The van der Waals surface area contributed by atoms with E-state index in [-0.39, 0.29) is 17.2 Å². The van der Waals surface area contributed by atoms with E-state index in [2.05, 4.69) is 53.1 Å². The van der Waals surface area contributed by atoms with Crippen molar-refractivity contribution >= 4 is 92.7 Å². The number of hydrogen-bond donors (Lipinski definition) is 1. The normalized spacial score (nSPS) is 13.5. The molecule has 0 spiro atoms. The SMILES string of the molecule is CCn1c(SCC(=O)Nc2c(Br)cc(Br)cc2Br)nc2sc3c(c2c1=O)CCCC3. The van der Waals surface area contributed by atoms with Crippen LogP contribution in [0.3, 0.4) is 0 Å². The Morgan fingerprint density at radius 2 is 1.93 bits per heavy atom. The number of fused-ring (bicyclic) bond motifs is 3. The summed E-state index contributed by atoms with van der Waals surface area (Å²) >= 11 is 13.3. The van der Waals surface area contributed by atoms with Gasteiger partial charge in [0.1, 0.15) is 4.83 Å². The minimum atomic E-state index is -0.161. The topological polar surface area (TPSA) is 64.0 Å². The fraction of sp³-hybridized carbons (Fsp3) is 0.350. The maximum Gasteiger partial charge on any atom is 0.263 e. The van der Waals surface area contributed by atoms with Crippen LogP contribution in [0.2, 0.25) is 0 Å². The summed E-state index contributed by atoms with van der Waals surface area (Å²) in [6, 6.07) is 3.74. The van der Waals surface area contributed by atoms with Gasteiger partial charge in [-0.2, -0.15) is 0 Å². The molecule has 10 heteroatoms. The molecule has 0 aliphatic heterocycles. The van der Waals surface area contributed by atoms with Crippen molar-refractivity contribution in [3.05, 3.63) is 46.3 Å². The van der Waals surface area contributed by atoms with Crippen LogP contribution in [0.25, 0.3) is 10.2 Å². The molecule has 2 heterocycles. The van der Waals surface area contributed by atoms with Gasteiger partial charge in [-0.15, -0.1) is 11.3 Å². The molecule has 1 aromatic carbocycles. The number of thioether (sulfide) groups is 1. The van der Waals surface area contributed by atoms with Crippen molar-refractivity contribution in [3.8, 4) is 0 Å². The van der Waals surface area contributed by atoms with Gasteiger partial charge in [0.2, 0.25) is 5.91 Å². The third kappa shape index (κ3) is 4.44. The lowest BCUT2D eigenvalue weighted by Crippen LogP contribution is -2.24. The van der Waals surface area contributed by atoms with E-state index in [4.69, 9.17) is 4.98 Å². The van der Waals surface area contributed by atoms with Crippen molar-refractivity contribution in [2.45, 2.75) is 44.3 Å². The van der Waals surface area contributed by atoms with Gasteiger partial charge in [0.25, 0.3) is 5.56 Å². The van der Waals surface area contributed by atoms with E-state index in [0.717, 1.165) is 42.9 Å². The Hall–Kier alpha value is -0.680. The molecule has 0 unspecified atom stereocenters. The fourth-order valence-corrected chi connectivity index (χ4v) is 8.20. The molecule has 0 bridgehead atoms.